The van der Waals surface area contributed by atoms with Crippen molar-refractivity contribution in [1.29, 1.82) is 0 Å². The van der Waals surface area contributed by atoms with E-state index in [1.165, 1.54) is 34.8 Å². The third-order valence-corrected chi connectivity index (χ3v) is 4.60. The van der Waals surface area contributed by atoms with Crippen LogP contribution in [-0.2, 0) is 25.9 Å². The van der Waals surface area contributed by atoms with E-state index in [1.54, 1.807) is 0 Å². The molecule has 2 aromatic rings. The number of thiazole rings is 1. The Morgan fingerprint density at radius 3 is 2.79 bits per heavy atom. The number of hydrogen-bond acceptors (Lipinski definition) is 6. The second-order valence-electron chi connectivity index (χ2n) is 5.15. The molecule has 0 N–H and O–H groups in total. The van der Waals surface area contributed by atoms with E-state index in [9.17, 15) is 0 Å². The van der Waals surface area contributed by atoms with E-state index >= 15 is 0 Å². The van der Waals surface area contributed by atoms with E-state index in [0.717, 1.165) is 30.9 Å². The van der Waals surface area contributed by atoms with Gasteiger partial charge in [0.25, 0.3) is 0 Å². The van der Waals surface area contributed by atoms with E-state index in [1.807, 2.05) is 18.3 Å². The Balaban J connectivity index is 1.64. The molecule has 3 rings (SSSR count). The highest BCUT2D eigenvalue weighted by Gasteiger charge is 2.16. The van der Waals surface area contributed by atoms with Gasteiger partial charge in [0.05, 0.1) is 12.2 Å². The highest BCUT2D eigenvalue weighted by molar-refractivity contribution is 7.11. The zero-order valence-electron chi connectivity index (χ0n) is 11.3. The molecule has 1 aliphatic rings. The maximum absolute atomic E-state index is 4.76. The van der Waals surface area contributed by atoms with Crippen molar-refractivity contribution in [1.82, 2.24) is 20.2 Å². The van der Waals surface area contributed by atoms with E-state index in [2.05, 4.69) is 22.3 Å². The van der Waals surface area contributed by atoms with Crippen LogP contribution in [0, 0.1) is 6.92 Å². The zero-order chi connectivity index (χ0) is 13.2. The van der Waals surface area contributed by atoms with Crippen molar-refractivity contribution >= 4 is 11.3 Å². The van der Waals surface area contributed by atoms with Crippen molar-refractivity contribution in [3.05, 3.63) is 27.0 Å². The first-order valence-electron chi connectivity index (χ1n) is 6.66. The Bertz CT molecular complexity index is 539. The van der Waals surface area contributed by atoms with Crippen molar-refractivity contribution in [2.45, 2.75) is 45.7 Å². The van der Waals surface area contributed by atoms with Gasteiger partial charge in [-0.1, -0.05) is 10.3 Å². The molecule has 6 heteroatoms. The van der Waals surface area contributed by atoms with Crippen LogP contribution in [-0.4, -0.2) is 27.2 Å². The van der Waals surface area contributed by atoms with Crippen molar-refractivity contribution in [2.24, 2.45) is 0 Å². The second-order valence-corrected chi connectivity index (χ2v) is 6.32. The van der Waals surface area contributed by atoms with Gasteiger partial charge in [0.1, 0.15) is 16.4 Å². The lowest BCUT2D eigenvalue weighted by molar-refractivity contribution is 0.279. The molecule has 0 fully saturated rings. The molecule has 0 atom stereocenters. The van der Waals surface area contributed by atoms with Crippen molar-refractivity contribution in [3.63, 3.8) is 0 Å². The number of fused-ring (bicyclic) bond motifs is 1. The highest BCUT2D eigenvalue weighted by atomic mass is 32.1. The molecule has 0 unspecified atom stereocenters. The summed E-state index contributed by atoms with van der Waals surface area (Å²) in [6, 6.07) is 0. The largest absolute Gasteiger partial charge is 0.294 e. The summed E-state index contributed by atoms with van der Waals surface area (Å²) in [6.45, 7) is 3.53. The fourth-order valence-electron chi connectivity index (χ4n) is 2.41. The van der Waals surface area contributed by atoms with Crippen LogP contribution >= 0.6 is 11.3 Å². The highest BCUT2D eigenvalue weighted by Crippen LogP contribution is 2.27. The van der Waals surface area contributed by atoms with Gasteiger partial charge in [-0.3, -0.25) is 4.90 Å². The van der Waals surface area contributed by atoms with Gasteiger partial charge in [-0.25, -0.2) is 9.61 Å². The van der Waals surface area contributed by atoms with E-state index in [-0.39, 0.29) is 0 Å². The van der Waals surface area contributed by atoms with Crippen LogP contribution in [0.1, 0.15) is 39.8 Å². The first-order chi connectivity index (χ1) is 9.22. The number of aryl methyl sites for hydroxylation is 3. The van der Waals surface area contributed by atoms with Gasteiger partial charge in [0.2, 0.25) is 0 Å². The molecule has 2 aromatic heterocycles. The number of hydrogen-bond donors (Lipinski definition) is 0. The van der Waals surface area contributed by atoms with Gasteiger partial charge in [0.15, 0.2) is 0 Å². The lowest BCUT2D eigenvalue weighted by atomic mass is 10.0. The summed E-state index contributed by atoms with van der Waals surface area (Å²) in [4.78, 5) is 8.46. The summed E-state index contributed by atoms with van der Waals surface area (Å²) in [5, 5.41) is 8.93. The van der Waals surface area contributed by atoms with Crippen LogP contribution in [0.3, 0.4) is 0 Å². The number of rotatable bonds is 4. The van der Waals surface area contributed by atoms with Gasteiger partial charge < -0.3 is 0 Å². The van der Waals surface area contributed by atoms with Crippen LogP contribution in [0.15, 0.2) is 4.63 Å². The fourth-order valence-corrected chi connectivity index (χ4v) is 3.65. The second kappa shape index (κ2) is 5.38. The Hall–Kier alpha value is -1.27. The fraction of sp³-hybridized carbons (Fsp3) is 0.615. The molecule has 0 bridgehead atoms. The zero-order valence-corrected chi connectivity index (χ0v) is 12.2. The predicted molar refractivity (Wildman–Crippen MR) is 73.0 cm³/mol. The van der Waals surface area contributed by atoms with E-state index < -0.39 is 0 Å². The molecular formula is C13H18N4OS. The molecule has 0 saturated carbocycles. The molecule has 19 heavy (non-hydrogen) atoms. The smallest absolute Gasteiger partial charge is 0.122 e. The summed E-state index contributed by atoms with van der Waals surface area (Å²) in [6.07, 6.45) is 4.97. The SMILES string of the molecule is Cc1nonc1CN(C)Cc1nc2c(s1)CCCC2. The first kappa shape index (κ1) is 12.7. The third kappa shape index (κ3) is 2.84. The number of aromatic nitrogens is 3. The molecule has 0 radical (unpaired) electrons. The minimum Gasteiger partial charge on any atom is -0.294 e. The van der Waals surface area contributed by atoms with E-state index in [4.69, 9.17) is 9.61 Å². The summed E-state index contributed by atoms with van der Waals surface area (Å²) in [5.41, 5.74) is 3.10. The lowest BCUT2D eigenvalue weighted by Crippen LogP contribution is -2.18. The standard InChI is InChI=1S/C13H18N4OS/c1-9-11(16-18-15-9)7-17(2)8-13-14-10-5-3-4-6-12(10)19-13/h3-8H2,1-2H3. The van der Waals surface area contributed by atoms with Crippen LogP contribution < -0.4 is 0 Å². The summed E-state index contributed by atoms with van der Waals surface area (Å²) in [5.74, 6) is 0. The van der Waals surface area contributed by atoms with Gasteiger partial charge >= 0.3 is 0 Å². The molecule has 0 amide bonds. The van der Waals surface area contributed by atoms with Gasteiger partial charge in [-0.05, 0) is 39.7 Å². The minimum absolute atomic E-state index is 0.750. The van der Waals surface area contributed by atoms with Gasteiger partial charge in [-0.15, -0.1) is 11.3 Å². The van der Waals surface area contributed by atoms with Crippen LogP contribution in [0.25, 0.3) is 0 Å². The third-order valence-electron chi connectivity index (χ3n) is 3.46. The Labute approximate surface area is 116 Å². The Morgan fingerprint density at radius 1 is 1.21 bits per heavy atom. The molecule has 0 aliphatic heterocycles. The molecule has 0 spiro atoms. The average molecular weight is 278 g/mol. The lowest BCUT2D eigenvalue weighted by Gasteiger charge is -2.12. The van der Waals surface area contributed by atoms with Crippen molar-refractivity contribution in [2.75, 3.05) is 7.05 Å². The predicted octanol–water partition coefficient (Wildman–Crippen LogP) is 2.35. The summed E-state index contributed by atoms with van der Waals surface area (Å²) < 4.78 is 4.72. The normalized spacial score (nSPS) is 14.9. The molecule has 0 saturated heterocycles. The first-order valence-corrected chi connectivity index (χ1v) is 7.48. The molecule has 102 valence electrons. The molecule has 0 aromatic carbocycles. The monoisotopic (exact) mass is 278 g/mol. The van der Waals surface area contributed by atoms with Gasteiger partial charge in [0, 0.05) is 11.4 Å². The van der Waals surface area contributed by atoms with Crippen LogP contribution in [0.4, 0.5) is 0 Å². The molecule has 5 nitrogen and oxygen atoms in total. The van der Waals surface area contributed by atoms with Crippen molar-refractivity contribution < 1.29 is 4.63 Å². The summed E-state index contributed by atoms with van der Waals surface area (Å²) >= 11 is 1.87. The maximum atomic E-state index is 4.76. The molecular weight excluding hydrogens is 260 g/mol. The minimum atomic E-state index is 0.750. The van der Waals surface area contributed by atoms with Gasteiger partial charge in [-0.2, -0.15) is 0 Å². The molecule has 2 heterocycles. The summed E-state index contributed by atoms with van der Waals surface area (Å²) in [7, 11) is 2.08. The topological polar surface area (TPSA) is 55.1 Å². The quantitative estimate of drug-likeness (QED) is 0.859. The average Bonchev–Trinajstić information content (AvgIpc) is 2.95. The Morgan fingerprint density at radius 2 is 2.05 bits per heavy atom. The van der Waals surface area contributed by atoms with Crippen molar-refractivity contribution in [3.8, 4) is 0 Å². The maximum Gasteiger partial charge on any atom is 0.122 e. The van der Waals surface area contributed by atoms with Crippen LogP contribution in [0.2, 0.25) is 0 Å². The number of nitrogens with zero attached hydrogens (tertiary/aromatic N) is 4. The van der Waals surface area contributed by atoms with Crippen LogP contribution in [0.5, 0.6) is 0 Å². The van der Waals surface area contributed by atoms with E-state index in [0.29, 0.717) is 0 Å². The Kier molecular flexibility index (Phi) is 3.61. The molecule has 1 aliphatic carbocycles.